The van der Waals surface area contributed by atoms with Crippen molar-refractivity contribution in [3.8, 4) is 0 Å². The predicted molar refractivity (Wildman–Crippen MR) is 139 cm³/mol. The Morgan fingerprint density at radius 1 is 1.06 bits per heavy atom. The minimum absolute atomic E-state index is 0.209. The molecule has 0 aromatic heterocycles. The molecule has 2 aromatic carbocycles. The quantitative estimate of drug-likeness (QED) is 0.578. The number of hydrogen-bond acceptors (Lipinski definition) is 4. The zero-order valence-corrected chi connectivity index (χ0v) is 20.9. The van der Waals surface area contributed by atoms with Crippen molar-refractivity contribution in [3.05, 3.63) is 58.6 Å². The van der Waals surface area contributed by atoms with E-state index >= 15 is 0 Å². The van der Waals surface area contributed by atoms with Crippen molar-refractivity contribution in [1.29, 1.82) is 0 Å². The summed E-state index contributed by atoms with van der Waals surface area (Å²) in [5, 5.41) is 6.52. The Balaban J connectivity index is 1.54. The molecule has 2 amide bonds. The second kappa shape index (κ2) is 11.5. The number of halogens is 1. The van der Waals surface area contributed by atoms with Crippen molar-refractivity contribution in [2.45, 2.75) is 33.6 Å². The number of anilines is 2. The van der Waals surface area contributed by atoms with Gasteiger partial charge in [-0.2, -0.15) is 0 Å². The number of piperazine rings is 1. The van der Waals surface area contributed by atoms with Crippen molar-refractivity contribution in [2.24, 2.45) is 5.92 Å². The summed E-state index contributed by atoms with van der Waals surface area (Å²) in [6.45, 7) is 9.05. The van der Waals surface area contributed by atoms with Crippen molar-refractivity contribution in [1.82, 2.24) is 10.2 Å². The van der Waals surface area contributed by atoms with Crippen LogP contribution in [-0.4, -0.2) is 48.0 Å². The van der Waals surface area contributed by atoms with Crippen LogP contribution in [0.25, 0.3) is 0 Å². The van der Waals surface area contributed by atoms with Crippen molar-refractivity contribution in [3.63, 3.8) is 0 Å². The maximum Gasteiger partial charge on any atom is 0.257 e. The maximum absolute atomic E-state index is 12.4. The van der Waals surface area contributed by atoms with Crippen molar-refractivity contribution >= 4 is 52.1 Å². The zero-order valence-electron chi connectivity index (χ0n) is 19.4. The molecule has 0 spiro atoms. The lowest BCUT2D eigenvalue weighted by molar-refractivity contribution is -0.132. The first kappa shape index (κ1) is 25.0. The van der Waals surface area contributed by atoms with Gasteiger partial charge in [0.25, 0.3) is 5.91 Å². The first-order chi connectivity index (χ1) is 15.8. The highest BCUT2D eigenvalue weighted by Crippen LogP contribution is 2.30. The number of nitrogens with one attached hydrogen (secondary N) is 2. The van der Waals surface area contributed by atoms with E-state index in [1.165, 1.54) is 5.56 Å². The van der Waals surface area contributed by atoms with Crippen LogP contribution in [0.2, 0.25) is 5.02 Å². The summed E-state index contributed by atoms with van der Waals surface area (Å²) in [7, 11) is 0. The second-order valence-corrected chi connectivity index (χ2v) is 9.41. The van der Waals surface area contributed by atoms with E-state index in [0.717, 1.165) is 25.2 Å². The van der Waals surface area contributed by atoms with Gasteiger partial charge in [-0.3, -0.25) is 14.9 Å². The highest BCUT2D eigenvalue weighted by molar-refractivity contribution is 7.80. The summed E-state index contributed by atoms with van der Waals surface area (Å²) in [5.74, 6) is 0.317. The lowest BCUT2D eigenvalue weighted by Crippen LogP contribution is -2.49. The number of carbonyl (C=O) groups excluding carboxylic acids is 2. The summed E-state index contributed by atoms with van der Waals surface area (Å²) in [4.78, 5) is 28.8. The van der Waals surface area contributed by atoms with Gasteiger partial charge in [-0.25, -0.2) is 0 Å². The molecule has 1 heterocycles. The van der Waals surface area contributed by atoms with Gasteiger partial charge in [-0.05, 0) is 60.5 Å². The molecule has 0 saturated carbocycles. The van der Waals surface area contributed by atoms with Crippen LogP contribution < -0.4 is 15.5 Å². The Labute approximate surface area is 206 Å². The third-order valence-corrected chi connectivity index (χ3v) is 6.12. The van der Waals surface area contributed by atoms with Gasteiger partial charge in [0.2, 0.25) is 5.91 Å². The highest BCUT2D eigenvalue weighted by atomic mass is 35.5. The molecule has 2 N–H and O–H groups in total. The fourth-order valence-electron chi connectivity index (χ4n) is 3.75. The number of benzene rings is 2. The van der Waals surface area contributed by atoms with Crippen molar-refractivity contribution < 1.29 is 9.59 Å². The van der Waals surface area contributed by atoms with Crippen LogP contribution in [0.1, 0.15) is 43.1 Å². The predicted octanol–water partition coefficient (Wildman–Crippen LogP) is 4.72. The first-order valence-electron chi connectivity index (χ1n) is 11.3. The molecule has 2 aromatic rings. The molecule has 1 saturated heterocycles. The Hall–Kier alpha value is -2.64. The van der Waals surface area contributed by atoms with Gasteiger partial charge in [0.05, 0.1) is 10.7 Å². The third-order valence-electron chi connectivity index (χ3n) is 5.61. The standard InChI is InChI=1S/C25H31ClN4O2S/c1-4-18-5-7-19(8-6-18)24(32)28-25(33)27-20-9-10-22(21(26)16-20)29-11-13-30(14-12-29)23(31)15-17(2)3/h5-10,16-17H,4,11-15H2,1-3H3,(H2,27,28,32,33). The molecular formula is C25H31ClN4O2S. The number of hydrogen-bond donors (Lipinski definition) is 2. The van der Waals surface area contributed by atoms with E-state index < -0.39 is 0 Å². The molecule has 1 aliphatic rings. The number of rotatable bonds is 6. The summed E-state index contributed by atoms with van der Waals surface area (Å²) in [6, 6.07) is 13.1. The van der Waals surface area contributed by atoms with E-state index in [2.05, 4.69) is 36.3 Å². The average Bonchev–Trinajstić information content (AvgIpc) is 2.79. The molecular weight excluding hydrogens is 456 g/mol. The molecule has 33 heavy (non-hydrogen) atoms. The van der Waals surface area contributed by atoms with Crippen molar-refractivity contribution in [2.75, 3.05) is 36.4 Å². The Morgan fingerprint density at radius 3 is 2.30 bits per heavy atom. The lowest BCUT2D eigenvalue weighted by Gasteiger charge is -2.37. The second-order valence-electron chi connectivity index (χ2n) is 8.59. The van der Waals surface area contributed by atoms with E-state index in [1.54, 1.807) is 18.2 Å². The normalized spacial score (nSPS) is 13.7. The van der Waals surface area contributed by atoms with Crippen LogP contribution >= 0.6 is 23.8 Å². The molecule has 0 bridgehead atoms. The molecule has 0 atom stereocenters. The van der Waals surface area contributed by atoms with Crippen LogP contribution in [0.5, 0.6) is 0 Å². The fraction of sp³-hybridized carbons (Fsp3) is 0.400. The fourth-order valence-corrected chi connectivity index (χ4v) is 4.26. The van der Waals surface area contributed by atoms with E-state index in [0.29, 0.717) is 41.7 Å². The zero-order chi connectivity index (χ0) is 24.0. The van der Waals surface area contributed by atoms with Gasteiger partial charge in [0.1, 0.15) is 0 Å². The van der Waals surface area contributed by atoms with Crippen LogP contribution in [-0.2, 0) is 11.2 Å². The Bertz CT molecular complexity index is 1000. The molecule has 6 nitrogen and oxygen atoms in total. The number of aryl methyl sites for hydroxylation is 1. The minimum Gasteiger partial charge on any atom is -0.367 e. The van der Waals surface area contributed by atoms with Crippen LogP contribution in [0, 0.1) is 5.92 Å². The van der Waals surface area contributed by atoms with Crippen LogP contribution in [0.4, 0.5) is 11.4 Å². The van der Waals surface area contributed by atoms with Gasteiger partial charge >= 0.3 is 0 Å². The molecule has 0 radical (unpaired) electrons. The number of carbonyl (C=O) groups is 2. The number of amides is 2. The summed E-state index contributed by atoms with van der Waals surface area (Å²) < 4.78 is 0. The SMILES string of the molecule is CCc1ccc(C(=O)NC(=S)Nc2ccc(N3CCN(C(=O)CC(C)C)CC3)c(Cl)c2)cc1. The number of thiocarbonyl (C=S) groups is 1. The Morgan fingerprint density at radius 2 is 1.73 bits per heavy atom. The van der Waals surface area contributed by atoms with E-state index in [9.17, 15) is 9.59 Å². The molecule has 0 aliphatic carbocycles. The molecule has 8 heteroatoms. The van der Waals surface area contributed by atoms with Crippen LogP contribution in [0.15, 0.2) is 42.5 Å². The largest absolute Gasteiger partial charge is 0.367 e. The Kier molecular flexibility index (Phi) is 8.69. The molecule has 3 rings (SSSR count). The minimum atomic E-state index is -0.261. The van der Waals surface area contributed by atoms with Gasteiger partial charge in [0.15, 0.2) is 5.11 Å². The summed E-state index contributed by atoms with van der Waals surface area (Å²) in [5.41, 5.74) is 3.34. The van der Waals surface area contributed by atoms with E-state index in [-0.39, 0.29) is 16.9 Å². The van der Waals surface area contributed by atoms with Gasteiger partial charge in [-0.1, -0.05) is 44.5 Å². The van der Waals surface area contributed by atoms with Crippen LogP contribution in [0.3, 0.4) is 0 Å². The summed E-state index contributed by atoms with van der Waals surface area (Å²) in [6.07, 6.45) is 1.51. The molecule has 1 aliphatic heterocycles. The topological polar surface area (TPSA) is 64.7 Å². The maximum atomic E-state index is 12.4. The number of nitrogens with zero attached hydrogens (tertiary/aromatic N) is 2. The van der Waals surface area contributed by atoms with Gasteiger partial charge in [0, 0.05) is 43.9 Å². The summed E-state index contributed by atoms with van der Waals surface area (Å²) >= 11 is 11.8. The monoisotopic (exact) mass is 486 g/mol. The van der Waals surface area contributed by atoms with E-state index in [4.69, 9.17) is 23.8 Å². The highest BCUT2D eigenvalue weighted by Gasteiger charge is 2.23. The lowest BCUT2D eigenvalue weighted by atomic mass is 10.1. The smallest absolute Gasteiger partial charge is 0.257 e. The average molecular weight is 487 g/mol. The van der Waals surface area contributed by atoms with Gasteiger partial charge < -0.3 is 15.1 Å². The van der Waals surface area contributed by atoms with Gasteiger partial charge in [-0.15, -0.1) is 0 Å². The first-order valence-corrected chi connectivity index (χ1v) is 12.1. The molecule has 0 unspecified atom stereocenters. The van der Waals surface area contributed by atoms with E-state index in [1.807, 2.05) is 29.2 Å². The molecule has 176 valence electrons. The molecule has 1 fully saturated rings. The third kappa shape index (κ3) is 6.92.